The number of phosphoric ester groups is 1. The van der Waals surface area contributed by atoms with E-state index in [-0.39, 0.29) is 38.6 Å². The van der Waals surface area contributed by atoms with Crippen LogP contribution < -0.4 is 5.73 Å². The van der Waals surface area contributed by atoms with Crippen molar-refractivity contribution >= 4 is 19.8 Å². The molecule has 0 saturated heterocycles. The molecule has 3 N–H and O–H groups in total. The summed E-state index contributed by atoms with van der Waals surface area (Å²) in [6.07, 6.45) is 30.9. The maximum atomic E-state index is 12.5. The van der Waals surface area contributed by atoms with E-state index in [0.29, 0.717) is 6.42 Å². The van der Waals surface area contributed by atoms with Crippen molar-refractivity contribution < 1.29 is 37.6 Å². The van der Waals surface area contributed by atoms with E-state index in [1.54, 1.807) is 0 Å². The van der Waals surface area contributed by atoms with E-state index < -0.39 is 26.5 Å². The molecule has 10 heteroatoms. The molecule has 2 atom stereocenters. The number of carbonyl (C=O) groups is 2. The number of unbranched alkanes of at least 4 members (excludes halogenated alkanes) is 20. The van der Waals surface area contributed by atoms with Gasteiger partial charge in [0.05, 0.1) is 13.2 Å². The second-order valence-corrected chi connectivity index (χ2v) is 13.9. The van der Waals surface area contributed by atoms with Crippen LogP contribution in [0.15, 0.2) is 12.2 Å². The molecule has 0 spiro atoms. The topological polar surface area (TPSA) is 134 Å². The van der Waals surface area contributed by atoms with Gasteiger partial charge in [-0.3, -0.25) is 18.6 Å². The molecule has 0 aliphatic carbocycles. The number of phosphoric acid groups is 1. The Bertz CT molecular complexity index is 779. The zero-order valence-corrected chi connectivity index (χ0v) is 30.5. The molecule has 0 saturated carbocycles. The number of ether oxygens (including phenoxy) is 2. The van der Waals surface area contributed by atoms with Gasteiger partial charge in [0, 0.05) is 19.4 Å². The van der Waals surface area contributed by atoms with Crippen LogP contribution in [0.1, 0.15) is 174 Å². The smallest absolute Gasteiger partial charge is 0.462 e. The van der Waals surface area contributed by atoms with Gasteiger partial charge < -0.3 is 20.1 Å². The highest BCUT2D eigenvalue weighted by atomic mass is 31.2. The summed E-state index contributed by atoms with van der Waals surface area (Å²) in [5.41, 5.74) is 5.32. The lowest BCUT2D eigenvalue weighted by atomic mass is 10.0. The average molecular weight is 676 g/mol. The lowest BCUT2D eigenvalue weighted by molar-refractivity contribution is -0.161. The van der Waals surface area contributed by atoms with Crippen LogP contribution in [0.3, 0.4) is 0 Å². The molecule has 0 bridgehead atoms. The summed E-state index contributed by atoms with van der Waals surface area (Å²) in [6.45, 7) is 3.69. The molecule has 272 valence electrons. The Kier molecular flexibility index (Phi) is 32.7. The molecular weight excluding hydrogens is 605 g/mol. The van der Waals surface area contributed by atoms with Crippen molar-refractivity contribution in [1.29, 1.82) is 0 Å². The second-order valence-electron chi connectivity index (χ2n) is 12.4. The maximum absolute atomic E-state index is 12.5. The van der Waals surface area contributed by atoms with Crippen LogP contribution in [0.25, 0.3) is 0 Å². The molecule has 0 aliphatic rings. The van der Waals surface area contributed by atoms with E-state index in [0.717, 1.165) is 57.8 Å². The quantitative estimate of drug-likeness (QED) is 0.0291. The van der Waals surface area contributed by atoms with Crippen molar-refractivity contribution in [3.63, 3.8) is 0 Å². The number of hydrogen-bond donors (Lipinski definition) is 2. The third-order valence-electron chi connectivity index (χ3n) is 7.90. The number of rotatable bonds is 35. The van der Waals surface area contributed by atoms with Crippen LogP contribution in [-0.2, 0) is 32.7 Å². The predicted octanol–water partition coefficient (Wildman–Crippen LogP) is 9.88. The number of hydrogen-bond acceptors (Lipinski definition) is 8. The zero-order chi connectivity index (χ0) is 34.0. The number of carbonyl (C=O) groups excluding carboxylic acids is 2. The van der Waals surface area contributed by atoms with E-state index in [2.05, 4.69) is 26.0 Å². The van der Waals surface area contributed by atoms with Crippen molar-refractivity contribution in [3.05, 3.63) is 12.2 Å². The van der Waals surface area contributed by atoms with Crippen LogP contribution >= 0.6 is 7.82 Å². The van der Waals surface area contributed by atoms with Crippen LogP contribution in [0.5, 0.6) is 0 Å². The van der Waals surface area contributed by atoms with Gasteiger partial charge in [-0.15, -0.1) is 0 Å². The van der Waals surface area contributed by atoms with Crippen molar-refractivity contribution in [1.82, 2.24) is 0 Å². The number of allylic oxidation sites excluding steroid dienone is 2. The van der Waals surface area contributed by atoms with Gasteiger partial charge in [0.15, 0.2) is 6.10 Å². The van der Waals surface area contributed by atoms with E-state index in [1.165, 1.54) is 83.5 Å². The van der Waals surface area contributed by atoms with Gasteiger partial charge in [0.2, 0.25) is 0 Å². The highest BCUT2D eigenvalue weighted by Gasteiger charge is 2.25. The van der Waals surface area contributed by atoms with Crippen LogP contribution in [0, 0.1) is 0 Å². The molecule has 0 heterocycles. The largest absolute Gasteiger partial charge is 0.472 e. The Balaban J connectivity index is 4.23. The molecule has 2 unspecified atom stereocenters. The Morgan fingerprint density at radius 2 is 1.07 bits per heavy atom. The SMILES string of the molecule is CCCCC/C=C\CCCCCCCC(=O)OC(COC(=O)CCCCCCCCCCCCCCC)COP(=O)(O)OCCN. The maximum Gasteiger partial charge on any atom is 0.472 e. The minimum absolute atomic E-state index is 0.0544. The van der Waals surface area contributed by atoms with E-state index in [9.17, 15) is 19.0 Å². The molecule has 9 nitrogen and oxygen atoms in total. The summed E-state index contributed by atoms with van der Waals surface area (Å²) in [5.74, 6) is -0.835. The standard InChI is InChI=1S/C36H70NO8P/c1-3-5-7-9-11-13-15-17-19-20-22-24-26-28-35(38)42-32-34(33-44-46(40,41)43-31-30-37)45-36(39)29-27-25-23-21-18-16-14-12-10-8-6-4-2/h12,14,34H,3-11,13,15-33,37H2,1-2H3,(H,40,41)/b14-12-. The first-order valence-electron chi connectivity index (χ1n) is 18.7. The van der Waals surface area contributed by atoms with E-state index in [4.69, 9.17) is 24.3 Å². The molecule has 0 aliphatic heterocycles. The van der Waals surface area contributed by atoms with Gasteiger partial charge in [-0.05, 0) is 38.5 Å². The molecular formula is C36H70NO8P. The monoisotopic (exact) mass is 675 g/mol. The summed E-state index contributed by atoms with van der Waals surface area (Å²) in [7, 11) is -4.36. The van der Waals surface area contributed by atoms with Gasteiger partial charge in [-0.1, -0.05) is 135 Å². The normalized spacial score (nSPS) is 13.6. The molecule has 0 rings (SSSR count). The summed E-state index contributed by atoms with van der Waals surface area (Å²) >= 11 is 0. The Morgan fingerprint density at radius 3 is 1.59 bits per heavy atom. The van der Waals surface area contributed by atoms with Gasteiger partial charge in [0.1, 0.15) is 6.61 Å². The fraction of sp³-hybridized carbons (Fsp3) is 0.889. The minimum atomic E-state index is -4.36. The first kappa shape index (κ1) is 44.8. The molecule has 0 amide bonds. The summed E-state index contributed by atoms with van der Waals surface area (Å²) in [6, 6.07) is 0. The van der Waals surface area contributed by atoms with Crippen molar-refractivity contribution in [2.45, 2.75) is 180 Å². The summed E-state index contributed by atoms with van der Waals surface area (Å²) in [4.78, 5) is 34.6. The van der Waals surface area contributed by atoms with Gasteiger partial charge in [0.25, 0.3) is 0 Å². The zero-order valence-electron chi connectivity index (χ0n) is 29.6. The van der Waals surface area contributed by atoms with E-state index in [1.807, 2.05) is 0 Å². The average Bonchev–Trinajstić information content (AvgIpc) is 3.04. The minimum Gasteiger partial charge on any atom is -0.462 e. The fourth-order valence-electron chi connectivity index (χ4n) is 5.10. The molecule has 0 fully saturated rings. The van der Waals surface area contributed by atoms with Crippen molar-refractivity contribution in [2.24, 2.45) is 5.73 Å². The highest BCUT2D eigenvalue weighted by molar-refractivity contribution is 7.47. The van der Waals surface area contributed by atoms with Crippen molar-refractivity contribution in [3.8, 4) is 0 Å². The molecule has 0 aromatic carbocycles. The molecule has 0 aromatic heterocycles. The van der Waals surface area contributed by atoms with E-state index >= 15 is 0 Å². The highest BCUT2D eigenvalue weighted by Crippen LogP contribution is 2.43. The summed E-state index contributed by atoms with van der Waals surface area (Å²) in [5, 5.41) is 0. The Labute approximate surface area is 281 Å². The predicted molar refractivity (Wildman–Crippen MR) is 188 cm³/mol. The van der Waals surface area contributed by atoms with Gasteiger partial charge in [-0.2, -0.15) is 0 Å². The Morgan fingerprint density at radius 1 is 0.630 bits per heavy atom. The third kappa shape index (κ3) is 32.7. The lowest BCUT2D eigenvalue weighted by Gasteiger charge is -2.19. The fourth-order valence-corrected chi connectivity index (χ4v) is 5.86. The van der Waals surface area contributed by atoms with Gasteiger partial charge in [-0.25, -0.2) is 4.57 Å². The third-order valence-corrected chi connectivity index (χ3v) is 8.89. The summed E-state index contributed by atoms with van der Waals surface area (Å²) < 4.78 is 32.6. The first-order valence-corrected chi connectivity index (χ1v) is 20.2. The Hall–Kier alpha value is -1.25. The molecule has 0 radical (unpaired) electrons. The van der Waals surface area contributed by atoms with Crippen LogP contribution in [0.2, 0.25) is 0 Å². The molecule has 0 aromatic rings. The van der Waals surface area contributed by atoms with Gasteiger partial charge >= 0.3 is 19.8 Å². The first-order chi connectivity index (χ1) is 22.3. The number of nitrogens with two attached hydrogens (primary N) is 1. The second kappa shape index (κ2) is 33.6. The lowest BCUT2D eigenvalue weighted by Crippen LogP contribution is -2.29. The number of esters is 2. The molecule has 46 heavy (non-hydrogen) atoms. The van der Waals surface area contributed by atoms with Crippen LogP contribution in [0.4, 0.5) is 0 Å². The van der Waals surface area contributed by atoms with Crippen LogP contribution in [-0.4, -0.2) is 49.3 Å². The van der Waals surface area contributed by atoms with Crippen molar-refractivity contribution in [2.75, 3.05) is 26.4 Å².